The fourth-order valence-electron chi connectivity index (χ4n) is 1.57. The molecule has 0 saturated heterocycles. The lowest BCUT2D eigenvalue weighted by atomic mass is 10.1. The molecule has 0 aliphatic carbocycles. The molecule has 0 heterocycles. The summed E-state index contributed by atoms with van der Waals surface area (Å²) in [5.74, 6) is -0.963. The molecule has 1 aromatic carbocycles. The van der Waals surface area contributed by atoms with Gasteiger partial charge in [-0.15, -0.1) is 0 Å². The van der Waals surface area contributed by atoms with E-state index in [0.717, 1.165) is 6.26 Å². The molecule has 7 nitrogen and oxygen atoms in total. The second-order valence-corrected chi connectivity index (χ2v) is 5.92. The fourth-order valence-corrected chi connectivity index (χ4v) is 2.55. The molecule has 1 aromatic rings. The van der Waals surface area contributed by atoms with Crippen molar-refractivity contribution >= 4 is 21.7 Å². The molecule has 0 spiro atoms. The minimum Gasteiger partial charge on any atom is -0.496 e. The zero-order chi connectivity index (χ0) is 14.8. The van der Waals surface area contributed by atoms with Gasteiger partial charge >= 0.3 is 0 Å². The molecule has 4 N–H and O–H groups in total. The molecule has 0 aliphatic rings. The number of hydrogen-bond acceptors (Lipinski definition) is 4. The number of ether oxygens (including phenoxy) is 1. The van der Waals surface area contributed by atoms with E-state index in [1.54, 1.807) is 6.92 Å². The Kier molecular flexibility index (Phi) is 4.15. The lowest BCUT2D eigenvalue weighted by molar-refractivity contribution is 0.0999. The number of methoxy groups -OCH3 is 1. The van der Waals surface area contributed by atoms with Crippen molar-refractivity contribution in [2.75, 3.05) is 13.4 Å². The zero-order valence-electron chi connectivity index (χ0n) is 10.8. The van der Waals surface area contributed by atoms with E-state index >= 15 is 0 Å². The Morgan fingerprint density at radius 3 is 2.32 bits per heavy atom. The van der Waals surface area contributed by atoms with Gasteiger partial charge in [-0.25, -0.2) is 8.42 Å². The topological polar surface area (TPSA) is 125 Å². The van der Waals surface area contributed by atoms with Crippen LogP contribution in [0.25, 0.3) is 0 Å². The van der Waals surface area contributed by atoms with Crippen molar-refractivity contribution in [2.45, 2.75) is 11.8 Å². The van der Waals surface area contributed by atoms with Crippen molar-refractivity contribution in [3.05, 3.63) is 23.3 Å². The van der Waals surface area contributed by atoms with Crippen molar-refractivity contribution in [1.29, 1.82) is 0 Å². The van der Waals surface area contributed by atoms with Gasteiger partial charge in [-0.1, -0.05) is 0 Å². The normalized spacial score (nSPS) is 10.9. The Labute approximate surface area is 111 Å². The highest BCUT2D eigenvalue weighted by atomic mass is 32.2. The Bertz CT molecular complexity index is 646. The number of sulfone groups is 1. The third-order valence-corrected chi connectivity index (χ3v) is 3.60. The Morgan fingerprint density at radius 2 is 1.89 bits per heavy atom. The summed E-state index contributed by atoms with van der Waals surface area (Å²) in [7, 11) is -2.10. The average molecular weight is 285 g/mol. The molecule has 8 heteroatoms. The number of aliphatic imine (C=N–C) groups is 1. The predicted octanol–water partition coefficient (Wildman–Crippen LogP) is -0.179. The molecule has 0 aromatic heterocycles. The number of carbonyl (C=O) groups excluding carboxylic acids is 1. The van der Waals surface area contributed by atoms with Crippen molar-refractivity contribution in [2.24, 2.45) is 16.5 Å². The van der Waals surface area contributed by atoms with Gasteiger partial charge < -0.3 is 16.2 Å². The van der Waals surface area contributed by atoms with Gasteiger partial charge in [-0.3, -0.25) is 4.79 Å². The molecule has 0 aliphatic heterocycles. The summed E-state index contributed by atoms with van der Waals surface area (Å²) in [5.41, 5.74) is 10.7. The van der Waals surface area contributed by atoms with Crippen molar-refractivity contribution in [3.63, 3.8) is 0 Å². The fraction of sp³-hybridized carbons (Fsp3) is 0.273. The van der Waals surface area contributed by atoms with E-state index in [1.165, 1.54) is 19.2 Å². The van der Waals surface area contributed by atoms with E-state index in [4.69, 9.17) is 16.2 Å². The summed E-state index contributed by atoms with van der Waals surface area (Å²) in [6.45, 7) is 1.60. The number of rotatable bonds is 3. The number of aryl methyl sites for hydroxylation is 1. The van der Waals surface area contributed by atoms with E-state index in [2.05, 4.69) is 4.99 Å². The molecular weight excluding hydrogens is 270 g/mol. The summed E-state index contributed by atoms with van der Waals surface area (Å²) in [6, 6.07) is 2.66. The van der Waals surface area contributed by atoms with Crippen LogP contribution in [0.2, 0.25) is 0 Å². The second-order valence-electron chi connectivity index (χ2n) is 3.93. The first-order valence-electron chi connectivity index (χ1n) is 5.19. The van der Waals surface area contributed by atoms with E-state index in [1.807, 2.05) is 0 Å². The molecule has 0 radical (unpaired) electrons. The molecule has 0 bridgehead atoms. The van der Waals surface area contributed by atoms with Crippen molar-refractivity contribution in [3.8, 4) is 5.75 Å². The lowest BCUT2D eigenvalue weighted by Gasteiger charge is -2.10. The molecule has 1 rings (SSSR count). The first-order valence-corrected chi connectivity index (χ1v) is 7.08. The number of amides is 1. The minimum absolute atomic E-state index is 0.0121. The summed E-state index contributed by atoms with van der Waals surface area (Å²) in [4.78, 5) is 15.2. The first-order chi connectivity index (χ1) is 8.66. The van der Waals surface area contributed by atoms with Gasteiger partial charge in [0.2, 0.25) is 0 Å². The van der Waals surface area contributed by atoms with Gasteiger partial charge in [-0.2, -0.15) is 4.99 Å². The van der Waals surface area contributed by atoms with Crippen LogP contribution in [0.4, 0.5) is 0 Å². The quantitative estimate of drug-likeness (QED) is 0.586. The number of guanidine groups is 1. The van der Waals surface area contributed by atoms with E-state index in [0.29, 0.717) is 5.56 Å². The minimum atomic E-state index is -3.46. The largest absolute Gasteiger partial charge is 0.496 e. The molecule has 0 atom stereocenters. The van der Waals surface area contributed by atoms with Crippen LogP contribution in [-0.4, -0.2) is 33.7 Å². The van der Waals surface area contributed by atoms with Crippen LogP contribution in [0.15, 0.2) is 22.0 Å². The average Bonchev–Trinajstić information content (AvgIpc) is 2.25. The monoisotopic (exact) mass is 285 g/mol. The second kappa shape index (κ2) is 5.27. The maximum absolute atomic E-state index is 11.8. The van der Waals surface area contributed by atoms with Gasteiger partial charge in [0.05, 0.1) is 17.6 Å². The highest BCUT2D eigenvalue weighted by molar-refractivity contribution is 7.90. The van der Waals surface area contributed by atoms with Crippen LogP contribution in [0.3, 0.4) is 0 Å². The third kappa shape index (κ3) is 3.44. The number of nitrogens with zero attached hydrogens (tertiary/aromatic N) is 1. The molecule has 19 heavy (non-hydrogen) atoms. The standard InChI is InChI=1S/C11H15N3O4S/c1-6-4-8(18-2)7(10(15)14-11(12)13)5-9(6)19(3,16)17/h4-5H,1-3H3,(H4,12,13,14,15). The van der Waals surface area contributed by atoms with E-state index in [9.17, 15) is 13.2 Å². The lowest BCUT2D eigenvalue weighted by Crippen LogP contribution is -2.24. The Morgan fingerprint density at radius 1 is 1.32 bits per heavy atom. The van der Waals surface area contributed by atoms with Gasteiger partial charge in [0, 0.05) is 6.26 Å². The number of hydrogen-bond donors (Lipinski definition) is 2. The summed E-state index contributed by atoms with van der Waals surface area (Å²) < 4.78 is 28.3. The summed E-state index contributed by atoms with van der Waals surface area (Å²) in [6.07, 6.45) is 1.05. The Balaban J connectivity index is 3.55. The van der Waals surface area contributed by atoms with Gasteiger partial charge in [-0.05, 0) is 24.6 Å². The number of carbonyl (C=O) groups is 1. The van der Waals surface area contributed by atoms with Crippen LogP contribution >= 0.6 is 0 Å². The highest BCUT2D eigenvalue weighted by Crippen LogP contribution is 2.26. The summed E-state index contributed by atoms with van der Waals surface area (Å²) in [5, 5.41) is 0. The van der Waals surface area contributed by atoms with Crippen LogP contribution < -0.4 is 16.2 Å². The Hall–Kier alpha value is -2.09. The van der Waals surface area contributed by atoms with Gasteiger partial charge in [0.25, 0.3) is 5.91 Å². The third-order valence-electron chi connectivity index (χ3n) is 2.36. The van der Waals surface area contributed by atoms with Gasteiger partial charge in [0.15, 0.2) is 15.8 Å². The number of nitrogens with two attached hydrogens (primary N) is 2. The smallest absolute Gasteiger partial charge is 0.283 e. The van der Waals surface area contributed by atoms with Crippen LogP contribution in [0, 0.1) is 6.92 Å². The first kappa shape index (κ1) is 15.0. The van der Waals surface area contributed by atoms with Crippen molar-refractivity contribution in [1.82, 2.24) is 0 Å². The SMILES string of the molecule is COc1cc(C)c(S(C)(=O)=O)cc1C(=O)N=C(N)N. The van der Waals surface area contributed by atoms with E-state index in [-0.39, 0.29) is 16.2 Å². The van der Waals surface area contributed by atoms with Crippen LogP contribution in [-0.2, 0) is 9.84 Å². The molecular formula is C11H15N3O4S. The predicted molar refractivity (Wildman–Crippen MR) is 71.0 cm³/mol. The molecule has 104 valence electrons. The molecule has 0 saturated carbocycles. The van der Waals surface area contributed by atoms with Crippen LogP contribution in [0.5, 0.6) is 5.75 Å². The van der Waals surface area contributed by atoms with Crippen molar-refractivity contribution < 1.29 is 17.9 Å². The zero-order valence-corrected chi connectivity index (χ0v) is 11.6. The highest BCUT2D eigenvalue weighted by Gasteiger charge is 2.19. The van der Waals surface area contributed by atoms with Crippen LogP contribution in [0.1, 0.15) is 15.9 Å². The molecule has 1 amide bonds. The maximum Gasteiger partial charge on any atom is 0.283 e. The maximum atomic E-state index is 11.8. The van der Waals surface area contributed by atoms with Gasteiger partial charge in [0.1, 0.15) is 5.75 Å². The molecule has 0 fully saturated rings. The summed E-state index contributed by atoms with van der Waals surface area (Å²) >= 11 is 0. The molecule has 0 unspecified atom stereocenters. The number of benzene rings is 1. The van der Waals surface area contributed by atoms with E-state index < -0.39 is 21.7 Å².